The molecule has 1 rings (SSSR count). The van der Waals surface area contributed by atoms with Crippen LogP contribution in [0.3, 0.4) is 0 Å². The molecule has 1 aromatic heterocycles. The molecule has 96 valence electrons. The average Bonchev–Trinajstić information content (AvgIpc) is 2.75. The van der Waals surface area contributed by atoms with E-state index in [0.29, 0.717) is 13.1 Å². The molecule has 0 amide bonds. The Morgan fingerprint density at radius 2 is 2.29 bits per heavy atom. The van der Waals surface area contributed by atoms with Gasteiger partial charge in [-0.05, 0) is 10.3 Å². The maximum Gasteiger partial charge on any atom is 0.202 e. The van der Waals surface area contributed by atoms with Crippen LogP contribution in [0.5, 0.6) is 0 Å². The highest BCUT2D eigenvalue weighted by atomic mass is 32.2. The number of aromatic nitrogens is 2. The van der Waals surface area contributed by atoms with E-state index in [1.165, 1.54) is 0 Å². The van der Waals surface area contributed by atoms with E-state index in [9.17, 15) is 4.21 Å². The molecular weight excluding hydrogens is 252 g/mol. The van der Waals surface area contributed by atoms with E-state index in [2.05, 4.69) is 30.7 Å². The minimum atomic E-state index is -1.88. The Morgan fingerprint density at radius 3 is 2.94 bits per heavy atom. The van der Waals surface area contributed by atoms with Crippen LogP contribution in [-0.2, 0) is 11.1 Å². The van der Waals surface area contributed by atoms with Gasteiger partial charge in [-0.2, -0.15) is 0 Å². The summed E-state index contributed by atoms with van der Waals surface area (Å²) >= 11 is -1.88. The van der Waals surface area contributed by atoms with Gasteiger partial charge >= 0.3 is 0 Å². The van der Waals surface area contributed by atoms with Gasteiger partial charge in [-0.1, -0.05) is 5.16 Å². The number of amidine groups is 1. The van der Waals surface area contributed by atoms with Crippen molar-refractivity contribution >= 4 is 22.7 Å². The Hall–Kier alpha value is -1.72. The lowest BCUT2D eigenvalue weighted by Gasteiger charge is -2.03. The van der Waals surface area contributed by atoms with Gasteiger partial charge in [0.25, 0.3) is 0 Å². The first-order chi connectivity index (χ1) is 8.15. The second-order valence-corrected chi connectivity index (χ2v) is 3.77. The summed E-state index contributed by atoms with van der Waals surface area (Å²) in [5.74, 6) is -0.0170. The lowest BCUT2D eigenvalue weighted by Crippen LogP contribution is -2.26. The number of hydrogen-bond acceptors (Lipinski definition) is 8. The number of oxime groups is 1. The van der Waals surface area contributed by atoms with Crippen molar-refractivity contribution in [1.29, 1.82) is 0 Å². The molecule has 0 radical (unpaired) electrons. The summed E-state index contributed by atoms with van der Waals surface area (Å²) < 4.78 is 23.2. The lowest BCUT2D eigenvalue weighted by molar-refractivity contribution is 0.304. The average molecular weight is 264 g/mol. The molecule has 0 aliphatic rings. The summed E-state index contributed by atoms with van der Waals surface area (Å²) in [6, 6.07) is 0. The van der Waals surface area contributed by atoms with Crippen LogP contribution in [0.1, 0.15) is 5.69 Å². The largest absolute Gasteiger partial charge is 0.409 e. The van der Waals surface area contributed by atoms with Gasteiger partial charge in [-0.15, -0.1) is 0 Å². The molecule has 10 nitrogen and oxygen atoms in total. The maximum absolute atomic E-state index is 10.3. The summed E-state index contributed by atoms with van der Waals surface area (Å²) in [4.78, 5) is 0. The fraction of sp³-hybridized carbons (Fsp3) is 0.500. The van der Waals surface area contributed by atoms with Crippen molar-refractivity contribution in [1.82, 2.24) is 15.6 Å². The van der Waals surface area contributed by atoms with Crippen molar-refractivity contribution in [2.45, 2.75) is 0 Å². The molecule has 0 aliphatic carbocycles. The Bertz CT molecular complexity index is 407. The number of nitrogens with zero attached hydrogens (tertiary/aromatic N) is 3. The van der Waals surface area contributed by atoms with Gasteiger partial charge in [-0.25, -0.2) is 8.84 Å². The fourth-order valence-electron chi connectivity index (χ4n) is 0.949. The summed E-state index contributed by atoms with van der Waals surface area (Å²) in [5.41, 5.74) is 5.41. The topological polar surface area (TPSA) is 159 Å². The second-order valence-electron chi connectivity index (χ2n) is 2.84. The molecule has 0 aliphatic heterocycles. The molecule has 0 aromatic carbocycles. The first-order valence-electron chi connectivity index (χ1n) is 4.47. The molecular formula is C6H12N6O4S. The zero-order chi connectivity index (χ0) is 12.7. The lowest BCUT2D eigenvalue weighted by atomic mass is 10.4. The zero-order valence-electron chi connectivity index (χ0n) is 8.66. The molecule has 0 saturated carbocycles. The third-order valence-electron chi connectivity index (χ3n) is 1.66. The molecule has 0 saturated heterocycles. The Morgan fingerprint density at radius 1 is 1.53 bits per heavy atom. The van der Waals surface area contributed by atoms with Crippen LogP contribution >= 0.6 is 0 Å². The molecule has 1 unspecified atom stereocenters. The van der Waals surface area contributed by atoms with Crippen LogP contribution < -0.4 is 16.4 Å². The molecule has 0 spiro atoms. The number of nitrogens with one attached hydrogen (secondary N) is 2. The summed E-state index contributed by atoms with van der Waals surface area (Å²) in [5, 5.41) is 23.7. The quantitative estimate of drug-likeness (QED) is 0.0970. The first-order valence-corrected chi connectivity index (χ1v) is 5.75. The molecule has 0 bridgehead atoms. The Labute approximate surface area is 98.5 Å². The minimum absolute atomic E-state index is 0.0220. The highest BCUT2D eigenvalue weighted by molar-refractivity contribution is 7.79. The first kappa shape index (κ1) is 13.3. The molecule has 1 aromatic rings. The van der Waals surface area contributed by atoms with Gasteiger partial charge in [0.1, 0.15) is 0 Å². The van der Waals surface area contributed by atoms with E-state index in [0.717, 1.165) is 0 Å². The second kappa shape index (κ2) is 6.78. The van der Waals surface area contributed by atoms with Crippen LogP contribution in [0.4, 0.5) is 5.82 Å². The van der Waals surface area contributed by atoms with Crippen LogP contribution in [0, 0.1) is 0 Å². The summed E-state index contributed by atoms with van der Waals surface area (Å²) in [7, 11) is 0. The van der Waals surface area contributed by atoms with Gasteiger partial charge in [0.15, 0.2) is 22.6 Å². The zero-order valence-corrected chi connectivity index (χ0v) is 9.48. The van der Waals surface area contributed by atoms with E-state index < -0.39 is 11.1 Å². The molecule has 6 N–H and O–H groups in total. The predicted octanol–water partition coefficient (Wildman–Crippen LogP) is -1.66. The van der Waals surface area contributed by atoms with Crippen molar-refractivity contribution < 1.29 is 18.6 Å². The molecule has 1 atom stereocenters. The van der Waals surface area contributed by atoms with E-state index in [1.807, 2.05) is 0 Å². The highest BCUT2D eigenvalue weighted by Crippen LogP contribution is 2.07. The van der Waals surface area contributed by atoms with Crippen LogP contribution in [0.25, 0.3) is 0 Å². The van der Waals surface area contributed by atoms with Crippen molar-refractivity contribution in [3.05, 3.63) is 5.69 Å². The van der Waals surface area contributed by atoms with Gasteiger partial charge in [0, 0.05) is 13.1 Å². The fourth-order valence-corrected chi connectivity index (χ4v) is 1.27. The molecule has 11 heteroatoms. The molecule has 0 fully saturated rings. The summed E-state index contributed by atoms with van der Waals surface area (Å²) in [6.07, 6.45) is 0. The molecule has 1 heterocycles. The Kier molecular flexibility index (Phi) is 5.32. The smallest absolute Gasteiger partial charge is 0.202 e. The highest BCUT2D eigenvalue weighted by Gasteiger charge is 2.13. The predicted molar refractivity (Wildman–Crippen MR) is 58.9 cm³/mol. The number of anilines is 1. The van der Waals surface area contributed by atoms with Crippen molar-refractivity contribution in [3.8, 4) is 0 Å². The third-order valence-corrected chi connectivity index (χ3v) is 2.11. The van der Waals surface area contributed by atoms with Crippen LogP contribution in [0.15, 0.2) is 9.78 Å². The monoisotopic (exact) mass is 264 g/mol. The van der Waals surface area contributed by atoms with E-state index in [1.54, 1.807) is 0 Å². The third kappa shape index (κ3) is 4.34. The minimum Gasteiger partial charge on any atom is -0.409 e. The standard InChI is InChI=1S/C6H12N6O4S/c7-5(10-13)4-6(12-16-11-4)9-2-1-8-3-17(14)15/h8,13H,1-3H2,(H2,7,10)(H,9,12)(H,14,15). The van der Waals surface area contributed by atoms with Crippen molar-refractivity contribution in [2.75, 3.05) is 24.3 Å². The van der Waals surface area contributed by atoms with Gasteiger partial charge < -0.3 is 26.1 Å². The normalized spacial score (nSPS) is 13.6. The SMILES string of the molecule is NC(=NO)c1nonc1NCCNCS(=O)O. The maximum atomic E-state index is 10.3. The number of rotatable bonds is 7. The van der Waals surface area contributed by atoms with Crippen LogP contribution in [0.2, 0.25) is 0 Å². The number of nitrogens with two attached hydrogens (primary N) is 1. The van der Waals surface area contributed by atoms with E-state index >= 15 is 0 Å². The number of hydrogen-bond donors (Lipinski definition) is 5. The van der Waals surface area contributed by atoms with E-state index in [-0.39, 0.29) is 23.2 Å². The van der Waals surface area contributed by atoms with Crippen LogP contribution in [-0.4, -0.2) is 49.1 Å². The van der Waals surface area contributed by atoms with Crippen molar-refractivity contribution in [2.24, 2.45) is 10.9 Å². The van der Waals surface area contributed by atoms with E-state index in [4.69, 9.17) is 15.5 Å². The molecule has 17 heavy (non-hydrogen) atoms. The summed E-state index contributed by atoms with van der Waals surface area (Å²) in [6.45, 7) is 0.825. The van der Waals surface area contributed by atoms with Gasteiger partial charge in [-0.3, -0.25) is 0 Å². The van der Waals surface area contributed by atoms with Gasteiger partial charge in [0.2, 0.25) is 5.82 Å². The Balaban J connectivity index is 2.37. The van der Waals surface area contributed by atoms with Crippen molar-refractivity contribution in [3.63, 3.8) is 0 Å². The van der Waals surface area contributed by atoms with Gasteiger partial charge in [0.05, 0.1) is 5.88 Å².